The van der Waals surface area contributed by atoms with Crippen LogP contribution in [-0.4, -0.2) is 41.6 Å². The van der Waals surface area contributed by atoms with E-state index in [1.54, 1.807) is 37.3 Å². The minimum Gasteiger partial charge on any atom is -0.497 e. The third kappa shape index (κ3) is 4.34. The maximum Gasteiger partial charge on any atom is 0.254 e. The minimum atomic E-state index is -0.340. The van der Waals surface area contributed by atoms with E-state index in [0.29, 0.717) is 22.9 Å². The topological polar surface area (TPSA) is 84.7 Å². The van der Waals surface area contributed by atoms with Gasteiger partial charge in [-0.05, 0) is 39.0 Å². The lowest BCUT2D eigenvalue weighted by Gasteiger charge is -2.26. The van der Waals surface area contributed by atoms with Crippen molar-refractivity contribution >= 4 is 17.6 Å². The van der Waals surface area contributed by atoms with Gasteiger partial charge in [0.25, 0.3) is 5.91 Å². The highest BCUT2D eigenvalue weighted by Crippen LogP contribution is 2.16. The molecule has 24 heavy (non-hydrogen) atoms. The molecule has 0 aliphatic rings. The normalized spacial score (nSPS) is 10.5. The highest BCUT2D eigenvalue weighted by molar-refractivity contribution is 5.99. The first kappa shape index (κ1) is 17.5. The maximum absolute atomic E-state index is 12.7. The lowest BCUT2D eigenvalue weighted by molar-refractivity contribution is -0.117. The van der Waals surface area contributed by atoms with Crippen molar-refractivity contribution in [3.05, 3.63) is 41.7 Å². The summed E-state index contributed by atoms with van der Waals surface area (Å²) in [6.07, 6.45) is 0. The summed E-state index contributed by atoms with van der Waals surface area (Å²) in [5.74, 6) is 0.934. The molecule has 0 unspecified atom stereocenters. The van der Waals surface area contributed by atoms with Gasteiger partial charge in [0.2, 0.25) is 5.91 Å². The number of carbonyl (C=O) groups is 2. The van der Waals surface area contributed by atoms with Gasteiger partial charge in [0.15, 0.2) is 5.82 Å². The summed E-state index contributed by atoms with van der Waals surface area (Å²) in [6, 6.07) is 8.31. The summed E-state index contributed by atoms with van der Waals surface area (Å²) < 4.78 is 10.0. The number of hydrogen-bond acceptors (Lipinski definition) is 5. The Morgan fingerprint density at radius 3 is 2.67 bits per heavy atom. The molecule has 7 heteroatoms. The second kappa shape index (κ2) is 7.63. The summed E-state index contributed by atoms with van der Waals surface area (Å²) in [6.45, 7) is 5.35. The number of aryl methyl sites for hydroxylation is 1. The van der Waals surface area contributed by atoms with E-state index in [-0.39, 0.29) is 24.4 Å². The zero-order valence-electron chi connectivity index (χ0n) is 14.2. The van der Waals surface area contributed by atoms with Crippen molar-refractivity contribution in [3.63, 3.8) is 0 Å². The third-order valence-electron chi connectivity index (χ3n) is 3.41. The Bertz CT molecular complexity index is 724. The maximum atomic E-state index is 12.7. The van der Waals surface area contributed by atoms with Gasteiger partial charge in [-0.1, -0.05) is 11.2 Å². The molecule has 0 spiro atoms. The number of nitrogens with zero attached hydrogens (tertiary/aromatic N) is 2. The van der Waals surface area contributed by atoms with Gasteiger partial charge in [-0.15, -0.1) is 0 Å². The Morgan fingerprint density at radius 2 is 2.08 bits per heavy atom. The van der Waals surface area contributed by atoms with Crippen molar-refractivity contribution in [2.24, 2.45) is 0 Å². The van der Waals surface area contributed by atoms with Gasteiger partial charge in [0.1, 0.15) is 18.1 Å². The molecule has 0 bridgehead atoms. The van der Waals surface area contributed by atoms with Gasteiger partial charge < -0.3 is 19.5 Å². The molecular weight excluding hydrogens is 310 g/mol. The van der Waals surface area contributed by atoms with Crippen LogP contribution in [0.5, 0.6) is 5.75 Å². The van der Waals surface area contributed by atoms with Crippen LogP contribution in [0.1, 0.15) is 30.0 Å². The third-order valence-corrected chi connectivity index (χ3v) is 3.41. The molecule has 0 radical (unpaired) electrons. The second-order valence-corrected chi connectivity index (χ2v) is 5.63. The lowest BCUT2D eigenvalue weighted by atomic mass is 10.1. The molecule has 128 valence electrons. The van der Waals surface area contributed by atoms with Crippen LogP contribution in [0.4, 0.5) is 5.82 Å². The van der Waals surface area contributed by atoms with Crippen LogP contribution in [-0.2, 0) is 4.79 Å². The van der Waals surface area contributed by atoms with E-state index in [2.05, 4.69) is 10.5 Å². The predicted octanol–water partition coefficient (Wildman–Crippen LogP) is 2.48. The quantitative estimate of drug-likeness (QED) is 0.879. The molecule has 0 fully saturated rings. The summed E-state index contributed by atoms with van der Waals surface area (Å²) in [7, 11) is 1.54. The number of ether oxygens (including phenoxy) is 1. The molecule has 0 saturated carbocycles. The summed E-state index contributed by atoms with van der Waals surface area (Å²) in [4.78, 5) is 26.4. The molecule has 7 nitrogen and oxygen atoms in total. The molecule has 1 heterocycles. The zero-order chi connectivity index (χ0) is 17.7. The number of carbonyl (C=O) groups excluding carboxylic acids is 2. The summed E-state index contributed by atoms with van der Waals surface area (Å²) >= 11 is 0. The minimum absolute atomic E-state index is 0.0837. The first-order chi connectivity index (χ1) is 11.4. The Kier molecular flexibility index (Phi) is 5.57. The lowest BCUT2D eigenvalue weighted by Crippen LogP contribution is -2.42. The Labute approximate surface area is 140 Å². The Morgan fingerprint density at radius 1 is 1.33 bits per heavy atom. The SMILES string of the molecule is COc1cccc(C(=O)N(CC(=O)Nc2cc(C)on2)C(C)C)c1. The Hall–Kier alpha value is -2.83. The summed E-state index contributed by atoms with van der Waals surface area (Å²) in [5.41, 5.74) is 0.466. The molecule has 2 rings (SSSR count). The first-order valence-corrected chi connectivity index (χ1v) is 7.59. The standard InChI is InChI=1S/C17H21N3O4/c1-11(2)20(10-16(21)18-15-8-12(3)24-19-15)17(22)13-6-5-7-14(9-13)23-4/h5-9,11H,10H2,1-4H3,(H,18,19,21). The Balaban J connectivity index is 2.10. The number of nitrogens with one attached hydrogen (secondary N) is 1. The van der Waals surface area contributed by atoms with E-state index in [1.807, 2.05) is 13.8 Å². The number of benzene rings is 1. The van der Waals surface area contributed by atoms with Crippen molar-refractivity contribution in [2.45, 2.75) is 26.8 Å². The molecule has 0 aliphatic carbocycles. The van der Waals surface area contributed by atoms with E-state index in [4.69, 9.17) is 9.26 Å². The van der Waals surface area contributed by atoms with Crippen LogP contribution < -0.4 is 10.1 Å². The van der Waals surface area contributed by atoms with Crippen molar-refractivity contribution in [2.75, 3.05) is 19.0 Å². The van der Waals surface area contributed by atoms with Crippen molar-refractivity contribution < 1.29 is 18.8 Å². The smallest absolute Gasteiger partial charge is 0.254 e. The molecule has 2 amide bonds. The van der Waals surface area contributed by atoms with Crippen molar-refractivity contribution in [1.29, 1.82) is 0 Å². The van der Waals surface area contributed by atoms with E-state index in [9.17, 15) is 9.59 Å². The van der Waals surface area contributed by atoms with Gasteiger partial charge in [0, 0.05) is 17.7 Å². The van der Waals surface area contributed by atoms with E-state index < -0.39 is 0 Å². The number of hydrogen-bond donors (Lipinski definition) is 1. The van der Waals surface area contributed by atoms with Gasteiger partial charge in [-0.3, -0.25) is 9.59 Å². The second-order valence-electron chi connectivity index (χ2n) is 5.63. The zero-order valence-corrected chi connectivity index (χ0v) is 14.2. The van der Waals surface area contributed by atoms with E-state index in [0.717, 1.165) is 0 Å². The molecule has 1 aromatic carbocycles. The van der Waals surface area contributed by atoms with Gasteiger partial charge in [-0.2, -0.15) is 0 Å². The van der Waals surface area contributed by atoms with Gasteiger partial charge >= 0.3 is 0 Å². The van der Waals surface area contributed by atoms with Crippen LogP contribution in [0.3, 0.4) is 0 Å². The van der Waals surface area contributed by atoms with Crippen LogP contribution in [0, 0.1) is 6.92 Å². The van der Waals surface area contributed by atoms with Gasteiger partial charge in [-0.25, -0.2) is 0 Å². The van der Waals surface area contributed by atoms with Gasteiger partial charge in [0.05, 0.1) is 7.11 Å². The average molecular weight is 331 g/mol. The molecular formula is C17H21N3O4. The first-order valence-electron chi connectivity index (χ1n) is 7.59. The van der Waals surface area contributed by atoms with Crippen LogP contribution >= 0.6 is 0 Å². The summed E-state index contributed by atoms with van der Waals surface area (Å²) in [5, 5.41) is 6.32. The molecule has 0 atom stereocenters. The predicted molar refractivity (Wildman–Crippen MR) is 89.0 cm³/mol. The number of anilines is 1. The largest absolute Gasteiger partial charge is 0.497 e. The van der Waals surface area contributed by atoms with E-state index >= 15 is 0 Å². The molecule has 1 aromatic heterocycles. The monoisotopic (exact) mass is 331 g/mol. The fourth-order valence-electron chi connectivity index (χ4n) is 2.17. The fraction of sp³-hybridized carbons (Fsp3) is 0.353. The van der Waals surface area contributed by atoms with Crippen LogP contribution in [0.15, 0.2) is 34.9 Å². The molecule has 2 aromatic rings. The fourth-order valence-corrected chi connectivity index (χ4v) is 2.17. The number of amides is 2. The molecule has 1 N–H and O–H groups in total. The number of rotatable bonds is 6. The van der Waals surface area contributed by atoms with Crippen molar-refractivity contribution in [1.82, 2.24) is 10.1 Å². The average Bonchev–Trinajstić information content (AvgIpc) is 2.96. The highest BCUT2D eigenvalue weighted by Gasteiger charge is 2.22. The van der Waals surface area contributed by atoms with Crippen molar-refractivity contribution in [3.8, 4) is 5.75 Å². The van der Waals surface area contributed by atoms with Crippen LogP contribution in [0.25, 0.3) is 0 Å². The highest BCUT2D eigenvalue weighted by atomic mass is 16.5. The van der Waals surface area contributed by atoms with Crippen LogP contribution in [0.2, 0.25) is 0 Å². The number of methoxy groups -OCH3 is 1. The van der Waals surface area contributed by atoms with E-state index in [1.165, 1.54) is 12.0 Å². The molecule has 0 saturated heterocycles. The molecule has 0 aliphatic heterocycles. The number of aromatic nitrogens is 1.